The molecule has 0 amide bonds. The van der Waals surface area contributed by atoms with Crippen LogP contribution < -0.4 is 10.1 Å². The molecule has 0 spiro atoms. The van der Waals surface area contributed by atoms with E-state index < -0.39 is 0 Å². The quantitative estimate of drug-likeness (QED) is 0.771. The summed E-state index contributed by atoms with van der Waals surface area (Å²) in [6, 6.07) is 18.1. The van der Waals surface area contributed by atoms with Crippen molar-refractivity contribution in [2.75, 3.05) is 13.2 Å². The smallest absolute Gasteiger partial charge is 0.120 e. The molecule has 0 radical (unpaired) electrons. The van der Waals surface area contributed by atoms with Crippen molar-refractivity contribution in [3.8, 4) is 5.75 Å². The van der Waals surface area contributed by atoms with Gasteiger partial charge < -0.3 is 15.2 Å². The van der Waals surface area contributed by atoms with Crippen LogP contribution in [0.5, 0.6) is 5.75 Å². The van der Waals surface area contributed by atoms with Crippen LogP contribution in [-0.4, -0.2) is 18.3 Å². The highest BCUT2D eigenvalue weighted by atomic mass is 35.5. The predicted octanol–water partition coefficient (Wildman–Crippen LogP) is 2.77. The maximum atomic E-state index is 8.72. The predicted molar refractivity (Wildman–Crippen MR) is 83.3 cm³/mol. The number of aliphatic hydroxyl groups is 1. The van der Waals surface area contributed by atoms with Gasteiger partial charge in [0.05, 0.1) is 6.61 Å². The van der Waals surface area contributed by atoms with E-state index in [1.165, 1.54) is 0 Å². The first-order valence-corrected chi connectivity index (χ1v) is 6.46. The van der Waals surface area contributed by atoms with Gasteiger partial charge >= 0.3 is 0 Å². The molecule has 2 N–H and O–H groups in total. The Morgan fingerprint density at radius 3 is 2.45 bits per heavy atom. The first-order chi connectivity index (χ1) is 9.38. The molecule has 0 aliphatic rings. The van der Waals surface area contributed by atoms with Gasteiger partial charge in [-0.15, -0.1) is 12.4 Å². The summed E-state index contributed by atoms with van der Waals surface area (Å²) in [7, 11) is 0. The second kappa shape index (κ2) is 9.37. The fraction of sp³-hybridized carbons (Fsp3) is 0.250. The van der Waals surface area contributed by atoms with Crippen LogP contribution in [0.4, 0.5) is 0 Å². The van der Waals surface area contributed by atoms with Crippen LogP contribution in [0.25, 0.3) is 0 Å². The molecule has 0 aliphatic heterocycles. The zero-order valence-electron chi connectivity index (χ0n) is 11.3. The largest absolute Gasteiger partial charge is 0.489 e. The highest BCUT2D eigenvalue weighted by Gasteiger charge is 1.98. The van der Waals surface area contributed by atoms with Crippen molar-refractivity contribution >= 4 is 12.4 Å². The van der Waals surface area contributed by atoms with Crippen LogP contribution in [0.1, 0.15) is 11.1 Å². The lowest BCUT2D eigenvalue weighted by Crippen LogP contribution is -2.17. The van der Waals surface area contributed by atoms with E-state index in [1.54, 1.807) is 0 Å². The second-order valence-corrected chi connectivity index (χ2v) is 4.32. The number of rotatable bonds is 7. The average molecular weight is 294 g/mol. The molecule has 3 nitrogen and oxygen atoms in total. The summed E-state index contributed by atoms with van der Waals surface area (Å²) in [6.07, 6.45) is 0. The molecule has 2 rings (SSSR count). The maximum absolute atomic E-state index is 8.72. The Hall–Kier alpha value is -1.55. The fourth-order valence-electron chi connectivity index (χ4n) is 1.80. The van der Waals surface area contributed by atoms with Crippen LogP contribution in [0.2, 0.25) is 0 Å². The Bertz CT molecular complexity index is 491. The van der Waals surface area contributed by atoms with Gasteiger partial charge in [0, 0.05) is 13.1 Å². The highest BCUT2D eigenvalue weighted by Crippen LogP contribution is 2.15. The number of nitrogens with one attached hydrogen (secondary N) is 1. The molecule has 0 unspecified atom stereocenters. The number of benzene rings is 2. The van der Waals surface area contributed by atoms with Gasteiger partial charge in [-0.1, -0.05) is 42.5 Å². The fourth-order valence-corrected chi connectivity index (χ4v) is 1.80. The summed E-state index contributed by atoms with van der Waals surface area (Å²) in [5.74, 6) is 0.868. The molecule has 0 heterocycles. The Morgan fingerprint density at radius 1 is 0.950 bits per heavy atom. The van der Waals surface area contributed by atoms with Crippen LogP contribution in [0, 0.1) is 0 Å². The van der Waals surface area contributed by atoms with Gasteiger partial charge in [0.2, 0.25) is 0 Å². The Kier molecular flexibility index (Phi) is 7.73. The first-order valence-electron chi connectivity index (χ1n) is 6.46. The number of hydrogen-bond donors (Lipinski definition) is 2. The lowest BCUT2D eigenvalue weighted by molar-refractivity contribution is 0.291. The van der Waals surface area contributed by atoms with Crippen molar-refractivity contribution in [2.24, 2.45) is 0 Å². The van der Waals surface area contributed by atoms with Gasteiger partial charge in [-0.2, -0.15) is 0 Å². The lowest BCUT2D eigenvalue weighted by Gasteiger charge is -2.08. The Balaban J connectivity index is 0.00000200. The molecule has 0 fully saturated rings. The molecule has 2 aromatic rings. The number of ether oxygens (including phenoxy) is 1. The monoisotopic (exact) mass is 293 g/mol. The van der Waals surface area contributed by atoms with Crippen molar-refractivity contribution in [2.45, 2.75) is 13.2 Å². The van der Waals surface area contributed by atoms with Crippen LogP contribution >= 0.6 is 12.4 Å². The molecule has 4 heteroatoms. The topological polar surface area (TPSA) is 41.5 Å². The number of aliphatic hydroxyl groups excluding tert-OH is 1. The molecule has 20 heavy (non-hydrogen) atoms. The lowest BCUT2D eigenvalue weighted by atomic mass is 10.2. The van der Waals surface area contributed by atoms with E-state index in [0.29, 0.717) is 13.2 Å². The molecule has 108 valence electrons. The van der Waals surface area contributed by atoms with Crippen LogP contribution in [0.3, 0.4) is 0 Å². The van der Waals surface area contributed by atoms with Crippen LogP contribution in [0.15, 0.2) is 54.6 Å². The summed E-state index contributed by atoms with van der Waals surface area (Å²) in [5.41, 5.74) is 2.31. The highest BCUT2D eigenvalue weighted by molar-refractivity contribution is 5.85. The van der Waals surface area contributed by atoms with Gasteiger partial charge in [-0.3, -0.25) is 0 Å². The van der Waals surface area contributed by atoms with Crippen molar-refractivity contribution in [1.29, 1.82) is 0 Å². The summed E-state index contributed by atoms with van der Waals surface area (Å²) in [5, 5.41) is 11.9. The molecule has 0 aliphatic carbocycles. The van der Waals surface area contributed by atoms with Gasteiger partial charge in [0.1, 0.15) is 12.4 Å². The van der Waals surface area contributed by atoms with Crippen molar-refractivity contribution < 1.29 is 9.84 Å². The zero-order valence-corrected chi connectivity index (χ0v) is 12.1. The van der Waals surface area contributed by atoms with Crippen molar-refractivity contribution in [3.05, 3.63) is 65.7 Å². The summed E-state index contributed by atoms with van der Waals surface area (Å²) >= 11 is 0. The summed E-state index contributed by atoms with van der Waals surface area (Å²) in [6.45, 7) is 2.08. The average Bonchev–Trinajstić information content (AvgIpc) is 2.47. The Morgan fingerprint density at radius 2 is 1.70 bits per heavy atom. The van der Waals surface area contributed by atoms with E-state index in [4.69, 9.17) is 9.84 Å². The second-order valence-electron chi connectivity index (χ2n) is 4.32. The van der Waals surface area contributed by atoms with E-state index >= 15 is 0 Å². The van der Waals surface area contributed by atoms with Gasteiger partial charge in [-0.25, -0.2) is 0 Å². The third kappa shape index (κ3) is 5.61. The Labute approximate surface area is 126 Å². The van der Waals surface area contributed by atoms with Crippen molar-refractivity contribution in [3.63, 3.8) is 0 Å². The molecule has 0 saturated carbocycles. The molecular weight excluding hydrogens is 274 g/mol. The minimum atomic E-state index is 0. The third-order valence-electron chi connectivity index (χ3n) is 2.76. The minimum absolute atomic E-state index is 0. The van der Waals surface area contributed by atoms with Gasteiger partial charge in [0.25, 0.3) is 0 Å². The standard InChI is InChI=1S/C16H19NO2.ClH/c18-10-9-17-12-15-7-4-8-16(11-15)19-13-14-5-2-1-3-6-14;/h1-8,11,17-18H,9-10,12-13H2;1H. The minimum Gasteiger partial charge on any atom is -0.489 e. The van der Waals surface area contributed by atoms with E-state index in [1.807, 2.05) is 54.6 Å². The van der Waals surface area contributed by atoms with Gasteiger partial charge in [0.15, 0.2) is 0 Å². The summed E-state index contributed by atoms with van der Waals surface area (Å²) in [4.78, 5) is 0. The number of halogens is 1. The normalized spacial score (nSPS) is 9.85. The van der Waals surface area contributed by atoms with E-state index in [9.17, 15) is 0 Å². The zero-order chi connectivity index (χ0) is 13.3. The van der Waals surface area contributed by atoms with Crippen molar-refractivity contribution in [1.82, 2.24) is 5.32 Å². The molecule has 0 bridgehead atoms. The first kappa shape index (κ1) is 16.5. The molecular formula is C16H20ClNO2. The van der Waals surface area contributed by atoms with E-state index in [-0.39, 0.29) is 19.0 Å². The molecule has 0 aromatic heterocycles. The van der Waals surface area contributed by atoms with Crippen LogP contribution in [-0.2, 0) is 13.2 Å². The number of hydrogen-bond acceptors (Lipinski definition) is 3. The summed E-state index contributed by atoms with van der Waals surface area (Å²) < 4.78 is 5.76. The molecule has 2 aromatic carbocycles. The van der Waals surface area contributed by atoms with Gasteiger partial charge in [-0.05, 0) is 23.3 Å². The third-order valence-corrected chi connectivity index (χ3v) is 2.76. The molecule has 0 saturated heterocycles. The molecule has 0 atom stereocenters. The van der Waals surface area contributed by atoms with E-state index in [2.05, 4.69) is 5.32 Å². The maximum Gasteiger partial charge on any atom is 0.120 e. The van der Waals surface area contributed by atoms with E-state index in [0.717, 1.165) is 23.4 Å². The SMILES string of the molecule is Cl.OCCNCc1cccc(OCc2ccccc2)c1.